The van der Waals surface area contributed by atoms with Crippen molar-refractivity contribution in [2.45, 2.75) is 52.7 Å². The second kappa shape index (κ2) is 5.72. The maximum absolute atomic E-state index is 5.81. The molecule has 14 heavy (non-hydrogen) atoms. The van der Waals surface area contributed by atoms with E-state index in [2.05, 4.69) is 32.6 Å². The average Bonchev–Trinajstić information content (AvgIpc) is 2.47. The Morgan fingerprint density at radius 2 is 2.00 bits per heavy atom. The second-order valence-electron chi connectivity index (χ2n) is 5.08. The van der Waals surface area contributed by atoms with Crippen LogP contribution in [0.1, 0.15) is 40.5 Å². The molecule has 1 unspecified atom stereocenters. The molecule has 0 aliphatic carbocycles. The quantitative estimate of drug-likeness (QED) is 0.674. The molecule has 0 spiro atoms. The van der Waals surface area contributed by atoms with Gasteiger partial charge in [-0.2, -0.15) is 0 Å². The predicted molar refractivity (Wildman–Crippen MR) is 60.5 cm³/mol. The lowest BCUT2D eigenvalue weighted by molar-refractivity contribution is 0.0139. The van der Waals surface area contributed by atoms with Gasteiger partial charge in [0.2, 0.25) is 0 Å². The Bertz CT molecular complexity index is 156. The van der Waals surface area contributed by atoms with Crippen LogP contribution in [0.4, 0.5) is 0 Å². The van der Waals surface area contributed by atoms with Gasteiger partial charge in [0.05, 0.1) is 12.2 Å². The highest BCUT2D eigenvalue weighted by Gasteiger charge is 2.23. The van der Waals surface area contributed by atoms with E-state index < -0.39 is 0 Å². The number of hydrogen-bond acceptors (Lipinski definition) is 2. The van der Waals surface area contributed by atoms with Gasteiger partial charge in [0.1, 0.15) is 0 Å². The number of rotatable bonds is 5. The van der Waals surface area contributed by atoms with Crippen molar-refractivity contribution in [1.82, 2.24) is 4.90 Å². The van der Waals surface area contributed by atoms with Crippen molar-refractivity contribution in [3.63, 3.8) is 0 Å². The van der Waals surface area contributed by atoms with E-state index in [9.17, 15) is 0 Å². The summed E-state index contributed by atoms with van der Waals surface area (Å²) in [6.07, 6.45) is 3.40. The first-order chi connectivity index (χ1) is 6.58. The number of ether oxygens (including phenoxy) is 1. The molecule has 1 saturated heterocycles. The van der Waals surface area contributed by atoms with Crippen LogP contribution in [0.2, 0.25) is 0 Å². The normalized spacial score (nSPS) is 24.0. The largest absolute Gasteiger partial charge is 0.374 e. The van der Waals surface area contributed by atoms with Crippen LogP contribution in [0, 0.1) is 5.92 Å². The summed E-state index contributed by atoms with van der Waals surface area (Å²) in [4.78, 5) is 2.53. The van der Waals surface area contributed by atoms with Crippen molar-refractivity contribution < 1.29 is 4.74 Å². The molecule has 0 aromatic carbocycles. The van der Waals surface area contributed by atoms with E-state index in [1.54, 1.807) is 0 Å². The minimum absolute atomic E-state index is 0.380. The van der Waals surface area contributed by atoms with E-state index in [-0.39, 0.29) is 0 Å². The van der Waals surface area contributed by atoms with E-state index in [1.165, 1.54) is 25.9 Å². The summed E-state index contributed by atoms with van der Waals surface area (Å²) in [6, 6.07) is 0. The molecule has 0 aromatic rings. The highest BCUT2D eigenvalue weighted by Crippen LogP contribution is 2.15. The van der Waals surface area contributed by atoms with Crippen LogP contribution in [-0.2, 0) is 4.74 Å². The second-order valence-corrected chi connectivity index (χ2v) is 5.08. The third-order valence-electron chi connectivity index (χ3n) is 2.72. The molecule has 0 radical (unpaired) electrons. The maximum Gasteiger partial charge on any atom is 0.0717 e. The van der Waals surface area contributed by atoms with E-state index in [1.807, 2.05) is 0 Å². The number of likely N-dealkylation sites (tertiary alicyclic amines) is 1. The first kappa shape index (κ1) is 12.0. The van der Waals surface area contributed by atoms with Crippen molar-refractivity contribution in [2.24, 2.45) is 5.92 Å². The first-order valence-electron chi connectivity index (χ1n) is 5.95. The monoisotopic (exact) mass is 199 g/mol. The van der Waals surface area contributed by atoms with E-state index in [4.69, 9.17) is 4.74 Å². The zero-order valence-corrected chi connectivity index (χ0v) is 10.1. The van der Waals surface area contributed by atoms with Gasteiger partial charge >= 0.3 is 0 Å². The number of hydrogen-bond donors (Lipinski definition) is 0. The van der Waals surface area contributed by atoms with Gasteiger partial charge in [0, 0.05) is 13.1 Å². The molecular formula is C12H25NO. The smallest absolute Gasteiger partial charge is 0.0717 e. The van der Waals surface area contributed by atoms with Gasteiger partial charge < -0.3 is 9.64 Å². The van der Waals surface area contributed by atoms with E-state index >= 15 is 0 Å². The SMILES string of the molecule is CC(C)CCN1CCC(OC(C)C)C1. The highest BCUT2D eigenvalue weighted by atomic mass is 16.5. The maximum atomic E-state index is 5.81. The molecule has 1 aliphatic rings. The van der Waals surface area contributed by atoms with E-state index in [0.29, 0.717) is 12.2 Å². The summed E-state index contributed by atoms with van der Waals surface area (Å²) in [5.41, 5.74) is 0. The molecule has 0 N–H and O–H groups in total. The van der Waals surface area contributed by atoms with Crippen LogP contribution < -0.4 is 0 Å². The molecule has 1 atom stereocenters. The summed E-state index contributed by atoms with van der Waals surface area (Å²) >= 11 is 0. The van der Waals surface area contributed by atoms with E-state index in [0.717, 1.165) is 12.5 Å². The summed E-state index contributed by atoms with van der Waals surface area (Å²) in [5.74, 6) is 0.820. The molecule has 1 heterocycles. The third kappa shape index (κ3) is 4.43. The fourth-order valence-electron chi connectivity index (χ4n) is 1.94. The molecule has 0 aromatic heterocycles. The lowest BCUT2D eigenvalue weighted by atomic mass is 10.1. The first-order valence-corrected chi connectivity index (χ1v) is 5.95. The summed E-state index contributed by atoms with van der Waals surface area (Å²) in [5, 5.41) is 0. The molecule has 1 fully saturated rings. The molecule has 0 bridgehead atoms. The van der Waals surface area contributed by atoms with Crippen molar-refractivity contribution in [2.75, 3.05) is 19.6 Å². The van der Waals surface area contributed by atoms with Crippen molar-refractivity contribution >= 4 is 0 Å². The topological polar surface area (TPSA) is 12.5 Å². The standard InChI is InChI=1S/C12H25NO/c1-10(2)5-7-13-8-6-12(9-13)14-11(3)4/h10-12H,5-9H2,1-4H3. The minimum atomic E-state index is 0.380. The van der Waals surface area contributed by atoms with Crippen molar-refractivity contribution in [3.05, 3.63) is 0 Å². The Hall–Kier alpha value is -0.0800. The van der Waals surface area contributed by atoms with Crippen molar-refractivity contribution in [1.29, 1.82) is 0 Å². The Balaban J connectivity index is 2.14. The summed E-state index contributed by atoms with van der Waals surface area (Å²) < 4.78 is 5.81. The molecule has 1 rings (SSSR count). The van der Waals surface area contributed by atoms with Gasteiger partial charge in [-0.1, -0.05) is 13.8 Å². The minimum Gasteiger partial charge on any atom is -0.374 e. The molecule has 2 heteroatoms. The Labute approximate surface area is 88.6 Å². The molecular weight excluding hydrogens is 174 g/mol. The fourth-order valence-corrected chi connectivity index (χ4v) is 1.94. The number of nitrogens with zero attached hydrogens (tertiary/aromatic N) is 1. The Kier molecular flexibility index (Phi) is 4.90. The van der Waals surface area contributed by atoms with Crippen LogP contribution in [-0.4, -0.2) is 36.7 Å². The van der Waals surface area contributed by atoms with Crippen LogP contribution in [0.25, 0.3) is 0 Å². The zero-order valence-electron chi connectivity index (χ0n) is 10.1. The molecule has 0 saturated carbocycles. The van der Waals surface area contributed by atoms with Gasteiger partial charge in [0.25, 0.3) is 0 Å². The van der Waals surface area contributed by atoms with Gasteiger partial charge in [-0.25, -0.2) is 0 Å². The van der Waals surface area contributed by atoms with Crippen LogP contribution in [0.3, 0.4) is 0 Å². The third-order valence-corrected chi connectivity index (χ3v) is 2.72. The Morgan fingerprint density at radius 3 is 2.57 bits per heavy atom. The van der Waals surface area contributed by atoms with Crippen LogP contribution in [0.15, 0.2) is 0 Å². The van der Waals surface area contributed by atoms with Gasteiger partial charge in [0.15, 0.2) is 0 Å². The highest BCUT2D eigenvalue weighted by molar-refractivity contribution is 4.76. The van der Waals surface area contributed by atoms with Crippen LogP contribution in [0.5, 0.6) is 0 Å². The summed E-state index contributed by atoms with van der Waals surface area (Å²) in [7, 11) is 0. The van der Waals surface area contributed by atoms with Gasteiger partial charge in [-0.15, -0.1) is 0 Å². The zero-order chi connectivity index (χ0) is 10.6. The predicted octanol–water partition coefficient (Wildman–Crippen LogP) is 2.53. The average molecular weight is 199 g/mol. The van der Waals surface area contributed by atoms with Gasteiger partial charge in [-0.3, -0.25) is 0 Å². The molecule has 1 aliphatic heterocycles. The lowest BCUT2D eigenvalue weighted by Gasteiger charge is -2.18. The molecule has 84 valence electrons. The summed E-state index contributed by atoms with van der Waals surface area (Å²) in [6.45, 7) is 12.4. The molecule has 2 nitrogen and oxygen atoms in total. The van der Waals surface area contributed by atoms with Crippen molar-refractivity contribution in [3.8, 4) is 0 Å². The van der Waals surface area contributed by atoms with Crippen LogP contribution >= 0.6 is 0 Å². The fraction of sp³-hybridized carbons (Fsp3) is 1.00. The Morgan fingerprint density at radius 1 is 1.29 bits per heavy atom. The lowest BCUT2D eigenvalue weighted by Crippen LogP contribution is -2.26. The molecule has 0 amide bonds. The van der Waals surface area contributed by atoms with Gasteiger partial charge in [-0.05, 0) is 39.2 Å².